The number of nitrogens with one attached hydrogen (secondary N) is 2. The van der Waals surface area contributed by atoms with Gasteiger partial charge in [0.05, 0.1) is 7.11 Å². The third kappa shape index (κ3) is 3.09. The second kappa shape index (κ2) is 5.36. The Morgan fingerprint density at radius 1 is 1.59 bits per heavy atom. The molecule has 94 valence electrons. The number of anilines is 1. The number of aromatic nitrogens is 1. The van der Waals surface area contributed by atoms with Crippen molar-refractivity contribution in [3.05, 3.63) is 18.3 Å². The molecule has 1 saturated heterocycles. The first kappa shape index (κ1) is 12.2. The first-order valence-electron chi connectivity index (χ1n) is 6.17. The second-order valence-electron chi connectivity index (χ2n) is 5.00. The van der Waals surface area contributed by atoms with Crippen molar-refractivity contribution in [1.29, 1.82) is 0 Å². The van der Waals surface area contributed by atoms with E-state index < -0.39 is 0 Å². The van der Waals surface area contributed by atoms with Crippen molar-refractivity contribution < 1.29 is 4.74 Å². The van der Waals surface area contributed by atoms with Crippen LogP contribution in [0.3, 0.4) is 0 Å². The Morgan fingerprint density at radius 3 is 3.18 bits per heavy atom. The smallest absolute Gasteiger partial charge is 0.168 e. The molecule has 1 unspecified atom stereocenters. The molecule has 1 aromatic heterocycles. The zero-order valence-electron chi connectivity index (χ0n) is 10.6. The number of ether oxygens (including phenoxy) is 1. The van der Waals surface area contributed by atoms with Crippen LogP contribution in [-0.4, -0.2) is 31.7 Å². The van der Waals surface area contributed by atoms with Crippen LogP contribution in [0.1, 0.15) is 19.8 Å². The Balaban J connectivity index is 1.96. The van der Waals surface area contributed by atoms with E-state index in [4.69, 9.17) is 4.74 Å². The molecule has 1 aliphatic heterocycles. The fraction of sp³-hybridized carbons (Fsp3) is 0.615. The van der Waals surface area contributed by atoms with Crippen LogP contribution in [0.5, 0.6) is 5.75 Å². The van der Waals surface area contributed by atoms with Gasteiger partial charge in [0, 0.05) is 19.3 Å². The molecule has 1 atom stereocenters. The van der Waals surface area contributed by atoms with Crippen molar-refractivity contribution in [3.8, 4) is 5.75 Å². The van der Waals surface area contributed by atoms with Crippen LogP contribution in [0, 0.1) is 5.41 Å². The summed E-state index contributed by atoms with van der Waals surface area (Å²) in [7, 11) is 1.67. The summed E-state index contributed by atoms with van der Waals surface area (Å²) in [6.07, 6.45) is 4.28. The summed E-state index contributed by atoms with van der Waals surface area (Å²) in [4.78, 5) is 4.31. The predicted molar refractivity (Wildman–Crippen MR) is 69.5 cm³/mol. The quantitative estimate of drug-likeness (QED) is 0.836. The number of rotatable bonds is 4. The van der Waals surface area contributed by atoms with Gasteiger partial charge in [-0.3, -0.25) is 0 Å². The standard InChI is InChI=1S/C13H21N3O/c1-13(6-4-7-14-9-13)10-16-12-11(17-2)5-3-8-15-12/h3,5,8,14H,4,6-7,9-10H2,1-2H3,(H,15,16). The molecule has 0 bridgehead atoms. The van der Waals surface area contributed by atoms with E-state index in [1.54, 1.807) is 13.3 Å². The highest BCUT2D eigenvalue weighted by Crippen LogP contribution is 2.27. The Labute approximate surface area is 103 Å². The van der Waals surface area contributed by atoms with Gasteiger partial charge in [-0.25, -0.2) is 4.98 Å². The van der Waals surface area contributed by atoms with Crippen LogP contribution in [0.4, 0.5) is 5.82 Å². The summed E-state index contributed by atoms with van der Waals surface area (Å²) in [5.41, 5.74) is 0.306. The van der Waals surface area contributed by atoms with E-state index >= 15 is 0 Å². The predicted octanol–water partition coefficient (Wildman–Crippen LogP) is 1.89. The lowest BCUT2D eigenvalue weighted by Gasteiger charge is -2.34. The van der Waals surface area contributed by atoms with Gasteiger partial charge in [0.15, 0.2) is 11.6 Å². The van der Waals surface area contributed by atoms with E-state index in [0.717, 1.165) is 31.2 Å². The average Bonchev–Trinajstić information content (AvgIpc) is 2.38. The molecule has 0 spiro atoms. The van der Waals surface area contributed by atoms with Crippen molar-refractivity contribution in [2.45, 2.75) is 19.8 Å². The molecule has 4 heteroatoms. The summed E-state index contributed by atoms with van der Waals surface area (Å²) in [5, 5.41) is 6.85. The maximum atomic E-state index is 5.28. The molecule has 0 amide bonds. The van der Waals surface area contributed by atoms with Crippen LogP contribution >= 0.6 is 0 Å². The molecular formula is C13H21N3O. The topological polar surface area (TPSA) is 46.2 Å². The third-order valence-electron chi connectivity index (χ3n) is 3.36. The molecule has 2 rings (SSSR count). The van der Waals surface area contributed by atoms with Crippen molar-refractivity contribution >= 4 is 5.82 Å². The molecule has 1 aliphatic rings. The Morgan fingerprint density at radius 2 is 2.47 bits per heavy atom. The maximum Gasteiger partial charge on any atom is 0.168 e. The summed E-state index contributed by atoms with van der Waals surface area (Å²) in [6.45, 7) is 5.44. The number of hydrogen-bond donors (Lipinski definition) is 2. The summed E-state index contributed by atoms with van der Waals surface area (Å²) < 4.78 is 5.28. The third-order valence-corrected chi connectivity index (χ3v) is 3.36. The second-order valence-corrected chi connectivity index (χ2v) is 5.00. The highest BCUT2D eigenvalue weighted by molar-refractivity contribution is 5.49. The fourth-order valence-corrected chi connectivity index (χ4v) is 2.25. The van der Waals surface area contributed by atoms with Gasteiger partial charge in [0.1, 0.15) is 0 Å². The van der Waals surface area contributed by atoms with Gasteiger partial charge in [-0.15, -0.1) is 0 Å². The summed E-state index contributed by atoms with van der Waals surface area (Å²) >= 11 is 0. The van der Waals surface area contributed by atoms with Crippen LogP contribution in [0.2, 0.25) is 0 Å². The van der Waals surface area contributed by atoms with Crippen LogP contribution in [-0.2, 0) is 0 Å². The van der Waals surface area contributed by atoms with Gasteiger partial charge in [0.2, 0.25) is 0 Å². The van der Waals surface area contributed by atoms with E-state index in [1.807, 2.05) is 12.1 Å². The largest absolute Gasteiger partial charge is 0.493 e. The number of piperidine rings is 1. The van der Waals surface area contributed by atoms with Crippen LogP contribution < -0.4 is 15.4 Å². The van der Waals surface area contributed by atoms with E-state index in [1.165, 1.54) is 12.8 Å². The molecule has 0 aromatic carbocycles. The first-order chi connectivity index (χ1) is 8.23. The van der Waals surface area contributed by atoms with Gasteiger partial charge in [-0.1, -0.05) is 6.92 Å². The summed E-state index contributed by atoms with van der Waals surface area (Å²) in [6, 6.07) is 3.81. The summed E-state index contributed by atoms with van der Waals surface area (Å²) in [5.74, 6) is 1.64. The van der Waals surface area contributed by atoms with Crippen molar-refractivity contribution in [2.24, 2.45) is 5.41 Å². The zero-order valence-corrected chi connectivity index (χ0v) is 10.6. The molecule has 2 heterocycles. The molecule has 1 fully saturated rings. The van der Waals surface area contributed by atoms with Crippen LogP contribution in [0.25, 0.3) is 0 Å². The minimum Gasteiger partial charge on any atom is -0.493 e. The molecule has 4 nitrogen and oxygen atoms in total. The van der Waals surface area contributed by atoms with Crippen molar-refractivity contribution in [2.75, 3.05) is 32.1 Å². The number of hydrogen-bond acceptors (Lipinski definition) is 4. The number of methoxy groups -OCH3 is 1. The number of pyridine rings is 1. The number of nitrogens with zero attached hydrogens (tertiary/aromatic N) is 1. The van der Waals surface area contributed by atoms with E-state index in [0.29, 0.717) is 5.41 Å². The molecule has 0 aliphatic carbocycles. The average molecular weight is 235 g/mol. The first-order valence-corrected chi connectivity index (χ1v) is 6.17. The monoisotopic (exact) mass is 235 g/mol. The molecule has 0 saturated carbocycles. The molecule has 17 heavy (non-hydrogen) atoms. The van der Waals surface area contributed by atoms with Crippen molar-refractivity contribution in [3.63, 3.8) is 0 Å². The van der Waals surface area contributed by atoms with Gasteiger partial charge >= 0.3 is 0 Å². The SMILES string of the molecule is COc1cccnc1NCC1(C)CCCNC1. The van der Waals surface area contributed by atoms with Gasteiger partial charge in [-0.05, 0) is 36.9 Å². The normalized spacial score (nSPS) is 24.4. The maximum absolute atomic E-state index is 5.28. The fourth-order valence-electron chi connectivity index (χ4n) is 2.25. The zero-order chi connectivity index (χ0) is 12.1. The highest BCUT2D eigenvalue weighted by Gasteiger charge is 2.26. The Hall–Kier alpha value is -1.29. The Kier molecular flexibility index (Phi) is 3.84. The van der Waals surface area contributed by atoms with E-state index in [-0.39, 0.29) is 0 Å². The molecule has 1 aromatic rings. The lowest BCUT2D eigenvalue weighted by Crippen LogP contribution is -2.42. The van der Waals surface area contributed by atoms with Gasteiger partial charge < -0.3 is 15.4 Å². The Bertz CT molecular complexity index is 361. The van der Waals surface area contributed by atoms with Gasteiger partial charge in [0.25, 0.3) is 0 Å². The van der Waals surface area contributed by atoms with Crippen LogP contribution in [0.15, 0.2) is 18.3 Å². The molecule has 0 radical (unpaired) electrons. The minimum atomic E-state index is 0.306. The van der Waals surface area contributed by atoms with E-state index in [9.17, 15) is 0 Å². The van der Waals surface area contributed by atoms with Crippen molar-refractivity contribution in [1.82, 2.24) is 10.3 Å². The van der Waals surface area contributed by atoms with Gasteiger partial charge in [-0.2, -0.15) is 0 Å². The lowest BCUT2D eigenvalue weighted by atomic mass is 9.83. The van der Waals surface area contributed by atoms with E-state index in [2.05, 4.69) is 22.5 Å². The molecule has 2 N–H and O–H groups in total. The highest BCUT2D eigenvalue weighted by atomic mass is 16.5. The lowest BCUT2D eigenvalue weighted by molar-refractivity contribution is 0.253. The minimum absolute atomic E-state index is 0.306. The molecular weight excluding hydrogens is 214 g/mol.